The largest absolute Gasteiger partial charge is 0.466 e. The van der Waals surface area contributed by atoms with Gasteiger partial charge in [0.05, 0.1) is 25.4 Å². The Balaban J connectivity index is 2.19. The van der Waals surface area contributed by atoms with Gasteiger partial charge in [0.15, 0.2) is 0 Å². The van der Waals surface area contributed by atoms with Gasteiger partial charge in [0, 0.05) is 24.2 Å². The van der Waals surface area contributed by atoms with Crippen molar-refractivity contribution in [2.45, 2.75) is 24.7 Å². The van der Waals surface area contributed by atoms with E-state index in [0.29, 0.717) is 11.1 Å². The third kappa shape index (κ3) is 1.54. The van der Waals surface area contributed by atoms with E-state index in [2.05, 4.69) is 4.98 Å². The van der Waals surface area contributed by atoms with Crippen LogP contribution in [0.1, 0.15) is 35.8 Å². The quantitative estimate of drug-likeness (QED) is 0.822. The minimum Gasteiger partial charge on any atom is -0.466 e. The Hall–Kier alpha value is -2.04. The van der Waals surface area contributed by atoms with E-state index in [1.54, 1.807) is 0 Å². The van der Waals surface area contributed by atoms with E-state index in [9.17, 15) is 9.59 Å². The fraction of sp³-hybridized carbons (Fsp3) is 0.429. The number of aromatic nitrogens is 1. The van der Waals surface area contributed by atoms with Gasteiger partial charge >= 0.3 is 11.9 Å². The lowest BCUT2D eigenvalue weighted by atomic mass is 9.65. The van der Waals surface area contributed by atoms with Gasteiger partial charge < -0.3 is 14.5 Å². The summed E-state index contributed by atoms with van der Waals surface area (Å²) in [7, 11) is 2.68. The first-order valence-electron chi connectivity index (χ1n) is 6.26. The van der Waals surface area contributed by atoms with Crippen molar-refractivity contribution < 1.29 is 19.1 Å². The molecule has 0 radical (unpaired) electrons. The zero-order chi connectivity index (χ0) is 13.6. The molecule has 3 aliphatic rings. The predicted octanol–water partition coefficient (Wildman–Crippen LogP) is 1.63. The van der Waals surface area contributed by atoms with Gasteiger partial charge in [-0.2, -0.15) is 0 Å². The fourth-order valence-electron chi connectivity index (χ4n) is 3.34. The van der Waals surface area contributed by atoms with Crippen LogP contribution in [-0.2, 0) is 19.1 Å². The lowest BCUT2D eigenvalue weighted by Crippen LogP contribution is -2.32. The number of carbonyl (C=O) groups excluding carboxylic acids is 2. The molecule has 19 heavy (non-hydrogen) atoms. The SMILES string of the molecule is COC(=O)C1=C(C(=O)OC)C2CCC1c1c[nH]cc12. The van der Waals surface area contributed by atoms with Crippen LogP contribution in [0.3, 0.4) is 0 Å². The van der Waals surface area contributed by atoms with Crippen LogP contribution < -0.4 is 0 Å². The monoisotopic (exact) mass is 261 g/mol. The standard InChI is InChI=1S/C14H15NO4/c1-18-13(16)11-7-3-4-8(12(11)14(17)19-2)10-6-15-5-9(7)10/h5-8,15H,3-4H2,1-2H3. The molecule has 4 rings (SSSR count). The summed E-state index contributed by atoms with van der Waals surface area (Å²) < 4.78 is 9.69. The van der Waals surface area contributed by atoms with Gasteiger partial charge in [-0.15, -0.1) is 0 Å². The molecule has 1 N–H and O–H groups in total. The highest BCUT2D eigenvalue weighted by molar-refractivity contribution is 6.04. The number of hydrogen-bond acceptors (Lipinski definition) is 4. The Bertz CT molecular complexity index is 536. The zero-order valence-corrected chi connectivity index (χ0v) is 10.9. The molecule has 0 spiro atoms. The van der Waals surface area contributed by atoms with Crippen molar-refractivity contribution in [1.82, 2.24) is 4.98 Å². The van der Waals surface area contributed by atoms with Crippen LogP contribution in [0.5, 0.6) is 0 Å². The second-order valence-corrected chi connectivity index (χ2v) is 4.86. The maximum absolute atomic E-state index is 12.0. The molecular formula is C14H15NO4. The number of hydrogen-bond donors (Lipinski definition) is 1. The van der Waals surface area contributed by atoms with Gasteiger partial charge in [-0.05, 0) is 24.0 Å². The van der Waals surface area contributed by atoms with Crippen molar-refractivity contribution in [3.63, 3.8) is 0 Å². The third-order valence-electron chi connectivity index (χ3n) is 4.10. The van der Waals surface area contributed by atoms with Crippen molar-refractivity contribution in [3.05, 3.63) is 34.7 Å². The molecule has 0 fully saturated rings. The highest BCUT2D eigenvalue weighted by atomic mass is 16.5. The maximum atomic E-state index is 12.0. The molecule has 0 amide bonds. The number of rotatable bonds is 2. The van der Waals surface area contributed by atoms with Crippen molar-refractivity contribution in [3.8, 4) is 0 Å². The van der Waals surface area contributed by atoms with Gasteiger partial charge in [0.1, 0.15) is 0 Å². The van der Waals surface area contributed by atoms with Gasteiger partial charge in [-0.1, -0.05) is 0 Å². The number of nitrogens with one attached hydrogen (secondary N) is 1. The number of aromatic amines is 1. The van der Waals surface area contributed by atoms with Crippen LogP contribution in [0.15, 0.2) is 23.5 Å². The van der Waals surface area contributed by atoms with E-state index in [4.69, 9.17) is 9.47 Å². The van der Waals surface area contributed by atoms with Gasteiger partial charge in [-0.25, -0.2) is 9.59 Å². The zero-order valence-electron chi connectivity index (χ0n) is 10.9. The average Bonchev–Trinajstić information content (AvgIpc) is 2.96. The number of fused-ring (bicyclic) bond motifs is 1. The van der Waals surface area contributed by atoms with Crippen LogP contribution in [0.2, 0.25) is 0 Å². The number of ether oxygens (including phenoxy) is 2. The Kier molecular flexibility index (Phi) is 2.69. The molecule has 1 aromatic heterocycles. The molecule has 0 saturated heterocycles. The number of esters is 2. The third-order valence-corrected chi connectivity index (χ3v) is 4.10. The van der Waals surface area contributed by atoms with Crippen LogP contribution >= 0.6 is 0 Å². The van der Waals surface area contributed by atoms with Gasteiger partial charge in [0.2, 0.25) is 0 Å². The van der Waals surface area contributed by atoms with Gasteiger partial charge in [-0.3, -0.25) is 0 Å². The van der Waals surface area contributed by atoms with Crippen LogP contribution in [-0.4, -0.2) is 31.1 Å². The predicted molar refractivity (Wildman–Crippen MR) is 66.6 cm³/mol. The molecule has 1 heterocycles. The average molecular weight is 261 g/mol. The Labute approximate surface area is 110 Å². The minimum atomic E-state index is -0.429. The lowest BCUT2D eigenvalue weighted by Gasteiger charge is -2.37. The summed E-state index contributed by atoms with van der Waals surface area (Å²) in [6, 6.07) is 0. The van der Waals surface area contributed by atoms with E-state index in [1.807, 2.05) is 12.4 Å². The summed E-state index contributed by atoms with van der Waals surface area (Å²) in [5.74, 6) is -0.982. The summed E-state index contributed by atoms with van der Waals surface area (Å²) in [6.45, 7) is 0. The summed E-state index contributed by atoms with van der Waals surface area (Å²) in [5.41, 5.74) is 3.14. The number of H-pyrrole nitrogens is 1. The second kappa shape index (κ2) is 4.26. The van der Waals surface area contributed by atoms with Crippen LogP contribution in [0.25, 0.3) is 0 Å². The molecule has 0 saturated carbocycles. The Morgan fingerprint density at radius 1 is 1.00 bits per heavy atom. The van der Waals surface area contributed by atoms with E-state index in [-0.39, 0.29) is 11.8 Å². The van der Waals surface area contributed by atoms with Crippen molar-refractivity contribution >= 4 is 11.9 Å². The highest BCUT2D eigenvalue weighted by Gasteiger charge is 2.45. The first kappa shape index (κ1) is 12.0. The van der Waals surface area contributed by atoms with Crippen LogP contribution in [0, 0.1) is 0 Å². The first-order valence-corrected chi connectivity index (χ1v) is 6.26. The summed E-state index contributed by atoms with van der Waals surface area (Å²) in [5, 5.41) is 0. The highest BCUT2D eigenvalue weighted by Crippen LogP contribution is 2.53. The molecule has 2 atom stereocenters. The molecule has 0 aliphatic heterocycles. The first-order chi connectivity index (χ1) is 9.19. The van der Waals surface area contributed by atoms with Crippen molar-refractivity contribution in [2.75, 3.05) is 14.2 Å². The smallest absolute Gasteiger partial charge is 0.334 e. The molecule has 100 valence electrons. The topological polar surface area (TPSA) is 68.4 Å². The fourth-order valence-corrected chi connectivity index (χ4v) is 3.34. The summed E-state index contributed by atoms with van der Waals surface area (Å²) in [4.78, 5) is 27.1. The molecule has 5 nitrogen and oxygen atoms in total. The lowest BCUT2D eigenvalue weighted by molar-refractivity contribution is -0.140. The molecule has 2 bridgehead atoms. The molecular weight excluding hydrogens is 246 g/mol. The Morgan fingerprint density at radius 2 is 1.42 bits per heavy atom. The minimum absolute atomic E-state index is 0.0622. The summed E-state index contributed by atoms with van der Waals surface area (Å²) >= 11 is 0. The Morgan fingerprint density at radius 3 is 1.79 bits per heavy atom. The number of carbonyl (C=O) groups is 2. The molecule has 3 aliphatic carbocycles. The summed E-state index contributed by atoms with van der Waals surface area (Å²) in [6.07, 6.45) is 5.53. The van der Waals surface area contributed by atoms with Crippen molar-refractivity contribution in [2.24, 2.45) is 0 Å². The molecule has 0 aromatic carbocycles. The van der Waals surface area contributed by atoms with E-state index in [1.165, 1.54) is 14.2 Å². The van der Waals surface area contributed by atoms with E-state index in [0.717, 1.165) is 24.0 Å². The molecule has 5 heteroatoms. The van der Waals surface area contributed by atoms with Crippen LogP contribution in [0.4, 0.5) is 0 Å². The van der Waals surface area contributed by atoms with Gasteiger partial charge in [0.25, 0.3) is 0 Å². The normalized spacial score (nSPS) is 24.1. The number of methoxy groups -OCH3 is 2. The van der Waals surface area contributed by atoms with Crippen molar-refractivity contribution in [1.29, 1.82) is 0 Å². The molecule has 2 unspecified atom stereocenters. The van der Waals surface area contributed by atoms with E-state index >= 15 is 0 Å². The molecule has 1 aromatic rings. The maximum Gasteiger partial charge on any atom is 0.334 e. The van der Waals surface area contributed by atoms with E-state index < -0.39 is 11.9 Å². The second-order valence-electron chi connectivity index (χ2n) is 4.86.